The summed E-state index contributed by atoms with van der Waals surface area (Å²) in [5, 5.41) is 0. The van der Waals surface area contributed by atoms with Gasteiger partial charge in [-0.2, -0.15) is 0 Å². The van der Waals surface area contributed by atoms with E-state index in [1.807, 2.05) is 18.7 Å². The van der Waals surface area contributed by atoms with Gasteiger partial charge in [-0.05, 0) is 38.2 Å². The SMILES string of the molecule is C=CC(=O)N(CC)CCCC(CC)CCC(=O)CC. The highest BCUT2D eigenvalue weighted by molar-refractivity contribution is 5.86. The average molecular weight is 267 g/mol. The highest BCUT2D eigenvalue weighted by Crippen LogP contribution is 2.18. The normalized spacial score (nSPS) is 11.9. The molecule has 0 bridgehead atoms. The summed E-state index contributed by atoms with van der Waals surface area (Å²) in [5.41, 5.74) is 0. The van der Waals surface area contributed by atoms with Crippen molar-refractivity contribution in [3.8, 4) is 0 Å². The van der Waals surface area contributed by atoms with Crippen molar-refractivity contribution >= 4 is 11.7 Å². The molecule has 0 N–H and O–H groups in total. The van der Waals surface area contributed by atoms with E-state index in [0.29, 0.717) is 24.5 Å². The molecule has 0 aliphatic heterocycles. The minimum absolute atomic E-state index is 0.0108. The standard InChI is InChI=1S/C16H29NO2/c1-5-14(11-12-15(18)6-2)10-9-13-17(8-4)16(19)7-3/h7,14H,3,5-6,8-13H2,1-2,4H3. The first-order valence-corrected chi connectivity index (χ1v) is 7.51. The van der Waals surface area contributed by atoms with Crippen LogP contribution in [0.25, 0.3) is 0 Å². The lowest BCUT2D eigenvalue weighted by molar-refractivity contribution is -0.126. The Morgan fingerprint density at radius 3 is 2.37 bits per heavy atom. The van der Waals surface area contributed by atoms with Gasteiger partial charge < -0.3 is 4.90 Å². The molecule has 0 radical (unpaired) electrons. The maximum atomic E-state index is 11.5. The number of ketones is 1. The Balaban J connectivity index is 3.96. The van der Waals surface area contributed by atoms with Crippen LogP contribution in [0, 0.1) is 5.92 Å². The molecule has 0 heterocycles. The van der Waals surface area contributed by atoms with Gasteiger partial charge in [0.2, 0.25) is 5.91 Å². The topological polar surface area (TPSA) is 37.4 Å². The van der Waals surface area contributed by atoms with E-state index in [9.17, 15) is 9.59 Å². The predicted octanol–water partition coefficient (Wildman–Crippen LogP) is 3.59. The first-order chi connectivity index (χ1) is 9.08. The van der Waals surface area contributed by atoms with E-state index in [2.05, 4.69) is 13.5 Å². The molecule has 0 rings (SSSR count). The van der Waals surface area contributed by atoms with Gasteiger partial charge in [-0.15, -0.1) is 0 Å². The van der Waals surface area contributed by atoms with Gasteiger partial charge in [-0.25, -0.2) is 0 Å². The zero-order chi connectivity index (χ0) is 14.7. The minimum Gasteiger partial charge on any atom is -0.339 e. The highest BCUT2D eigenvalue weighted by atomic mass is 16.2. The second-order valence-corrected chi connectivity index (χ2v) is 4.97. The third-order valence-electron chi connectivity index (χ3n) is 3.71. The Kier molecular flexibility index (Phi) is 10.1. The van der Waals surface area contributed by atoms with Gasteiger partial charge in [-0.3, -0.25) is 9.59 Å². The zero-order valence-electron chi connectivity index (χ0n) is 12.8. The fourth-order valence-electron chi connectivity index (χ4n) is 2.22. The number of carbonyl (C=O) groups excluding carboxylic acids is 2. The van der Waals surface area contributed by atoms with Gasteiger partial charge in [0.1, 0.15) is 5.78 Å². The predicted molar refractivity (Wildman–Crippen MR) is 80.0 cm³/mol. The molecule has 0 aliphatic rings. The molecule has 0 aromatic heterocycles. The van der Waals surface area contributed by atoms with E-state index >= 15 is 0 Å². The van der Waals surface area contributed by atoms with Crippen molar-refractivity contribution in [1.29, 1.82) is 0 Å². The number of hydrogen-bond acceptors (Lipinski definition) is 2. The van der Waals surface area contributed by atoms with Crippen LogP contribution in [-0.4, -0.2) is 29.7 Å². The maximum Gasteiger partial charge on any atom is 0.245 e. The summed E-state index contributed by atoms with van der Waals surface area (Å²) in [4.78, 5) is 24.6. The van der Waals surface area contributed by atoms with E-state index in [0.717, 1.165) is 38.8 Å². The summed E-state index contributed by atoms with van der Waals surface area (Å²) in [6.07, 6.45) is 6.93. The summed E-state index contributed by atoms with van der Waals surface area (Å²) >= 11 is 0. The third-order valence-corrected chi connectivity index (χ3v) is 3.71. The van der Waals surface area contributed by atoms with E-state index in [4.69, 9.17) is 0 Å². The number of nitrogens with zero attached hydrogens (tertiary/aromatic N) is 1. The van der Waals surface area contributed by atoms with Crippen LogP contribution in [0.1, 0.15) is 59.3 Å². The number of carbonyl (C=O) groups is 2. The smallest absolute Gasteiger partial charge is 0.245 e. The molecule has 110 valence electrons. The van der Waals surface area contributed by atoms with Crippen LogP contribution in [0.4, 0.5) is 0 Å². The molecule has 0 fully saturated rings. The summed E-state index contributed by atoms with van der Waals surface area (Å²) < 4.78 is 0. The Hall–Kier alpha value is -1.12. The molecular weight excluding hydrogens is 238 g/mol. The largest absolute Gasteiger partial charge is 0.339 e. The quantitative estimate of drug-likeness (QED) is 0.536. The molecule has 0 aromatic rings. The van der Waals surface area contributed by atoms with Crippen LogP contribution < -0.4 is 0 Å². The van der Waals surface area contributed by atoms with E-state index < -0.39 is 0 Å². The molecule has 1 amide bonds. The van der Waals surface area contributed by atoms with Crippen molar-refractivity contribution in [3.05, 3.63) is 12.7 Å². The number of Topliss-reactive ketones (excluding diaryl/α,β-unsaturated/α-hetero) is 1. The van der Waals surface area contributed by atoms with Gasteiger partial charge in [0.15, 0.2) is 0 Å². The van der Waals surface area contributed by atoms with Crippen LogP contribution in [0.3, 0.4) is 0 Å². The fourth-order valence-corrected chi connectivity index (χ4v) is 2.22. The molecule has 1 unspecified atom stereocenters. The van der Waals surface area contributed by atoms with Crippen LogP contribution in [0.2, 0.25) is 0 Å². The Labute approximate surface area is 118 Å². The molecule has 19 heavy (non-hydrogen) atoms. The maximum absolute atomic E-state index is 11.5. The monoisotopic (exact) mass is 267 g/mol. The van der Waals surface area contributed by atoms with E-state index in [1.165, 1.54) is 6.08 Å². The minimum atomic E-state index is 0.0108. The number of likely N-dealkylation sites (N-methyl/N-ethyl adjacent to an activating group) is 1. The lowest BCUT2D eigenvalue weighted by Crippen LogP contribution is -2.30. The zero-order valence-corrected chi connectivity index (χ0v) is 12.8. The number of rotatable bonds is 11. The van der Waals surface area contributed by atoms with Crippen molar-refractivity contribution in [2.45, 2.75) is 59.3 Å². The Bertz CT molecular complexity index is 286. The van der Waals surface area contributed by atoms with Crippen molar-refractivity contribution in [1.82, 2.24) is 4.90 Å². The molecule has 0 saturated heterocycles. The van der Waals surface area contributed by atoms with Gasteiger partial charge >= 0.3 is 0 Å². The number of amides is 1. The molecule has 3 nitrogen and oxygen atoms in total. The summed E-state index contributed by atoms with van der Waals surface area (Å²) in [6, 6.07) is 0. The summed E-state index contributed by atoms with van der Waals surface area (Å²) in [6.45, 7) is 11.1. The van der Waals surface area contributed by atoms with Gasteiger partial charge in [0.05, 0.1) is 0 Å². The molecular formula is C16H29NO2. The Morgan fingerprint density at radius 1 is 1.21 bits per heavy atom. The second kappa shape index (κ2) is 10.8. The van der Waals surface area contributed by atoms with Crippen molar-refractivity contribution in [2.75, 3.05) is 13.1 Å². The van der Waals surface area contributed by atoms with Gasteiger partial charge in [0, 0.05) is 25.9 Å². The van der Waals surface area contributed by atoms with Crippen LogP contribution in [0.5, 0.6) is 0 Å². The average Bonchev–Trinajstić information content (AvgIpc) is 2.45. The Morgan fingerprint density at radius 2 is 1.89 bits per heavy atom. The first kappa shape index (κ1) is 17.9. The summed E-state index contributed by atoms with van der Waals surface area (Å²) in [7, 11) is 0. The van der Waals surface area contributed by atoms with Gasteiger partial charge in [0.25, 0.3) is 0 Å². The molecule has 1 atom stereocenters. The number of hydrogen-bond donors (Lipinski definition) is 0. The van der Waals surface area contributed by atoms with Crippen LogP contribution >= 0.6 is 0 Å². The van der Waals surface area contributed by atoms with Crippen molar-refractivity contribution < 1.29 is 9.59 Å². The van der Waals surface area contributed by atoms with Crippen LogP contribution in [0.15, 0.2) is 12.7 Å². The fraction of sp³-hybridized carbons (Fsp3) is 0.750. The van der Waals surface area contributed by atoms with Gasteiger partial charge in [-0.1, -0.05) is 26.8 Å². The molecule has 0 saturated carbocycles. The first-order valence-electron chi connectivity index (χ1n) is 7.51. The third kappa shape index (κ3) is 7.81. The second-order valence-electron chi connectivity index (χ2n) is 4.97. The molecule has 0 aliphatic carbocycles. The van der Waals surface area contributed by atoms with Crippen molar-refractivity contribution in [3.63, 3.8) is 0 Å². The molecule has 0 aromatic carbocycles. The van der Waals surface area contributed by atoms with E-state index in [1.54, 1.807) is 0 Å². The van der Waals surface area contributed by atoms with E-state index in [-0.39, 0.29) is 5.91 Å². The highest BCUT2D eigenvalue weighted by Gasteiger charge is 2.11. The lowest BCUT2D eigenvalue weighted by Gasteiger charge is -2.21. The molecule has 0 spiro atoms. The lowest BCUT2D eigenvalue weighted by atomic mass is 9.93. The van der Waals surface area contributed by atoms with Crippen LogP contribution in [-0.2, 0) is 9.59 Å². The summed E-state index contributed by atoms with van der Waals surface area (Å²) in [5.74, 6) is 0.972. The van der Waals surface area contributed by atoms with Crippen molar-refractivity contribution in [2.24, 2.45) is 5.92 Å². The molecule has 3 heteroatoms.